The number of hydrogen-bond acceptors (Lipinski definition) is 3. The summed E-state index contributed by atoms with van der Waals surface area (Å²) in [6, 6.07) is 4.08. The van der Waals surface area contributed by atoms with Crippen molar-refractivity contribution in [1.82, 2.24) is 5.43 Å². The molecule has 0 saturated heterocycles. The summed E-state index contributed by atoms with van der Waals surface area (Å²) in [6.45, 7) is 6.25. The van der Waals surface area contributed by atoms with Crippen LogP contribution in [0, 0.1) is 20.8 Å². The second-order valence-corrected chi connectivity index (χ2v) is 3.37. The van der Waals surface area contributed by atoms with Gasteiger partial charge < -0.3 is 5.73 Å². The summed E-state index contributed by atoms with van der Waals surface area (Å²) in [5.74, 6) is 5.29. The van der Waals surface area contributed by atoms with E-state index in [2.05, 4.69) is 32.3 Å². The van der Waals surface area contributed by atoms with Crippen LogP contribution in [0.3, 0.4) is 0 Å². The van der Waals surface area contributed by atoms with E-state index in [1.54, 1.807) is 0 Å². The molecule has 1 aromatic carbocycles. The van der Waals surface area contributed by atoms with Crippen LogP contribution in [0.1, 0.15) is 28.4 Å². The van der Waals surface area contributed by atoms with Crippen LogP contribution in [0.25, 0.3) is 0 Å². The highest BCUT2D eigenvalue weighted by Crippen LogP contribution is 2.19. The Labute approximate surface area is 79.1 Å². The molecule has 1 atom stereocenters. The molecule has 0 bridgehead atoms. The lowest BCUT2D eigenvalue weighted by Gasteiger charge is -2.16. The molecule has 0 saturated carbocycles. The maximum atomic E-state index is 5.78. The van der Waals surface area contributed by atoms with Crippen molar-refractivity contribution in [2.24, 2.45) is 11.6 Å². The third-order valence-electron chi connectivity index (χ3n) is 2.61. The van der Waals surface area contributed by atoms with Gasteiger partial charge in [0, 0.05) is 0 Å². The molecule has 3 heteroatoms. The van der Waals surface area contributed by atoms with Gasteiger partial charge in [-0.25, -0.2) is 5.43 Å². The van der Waals surface area contributed by atoms with Gasteiger partial charge in [0.1, 0.15) is 0 Å². The number of benzene rings is 1. The normalized spacial score (nSPS) is 13.0. The minimum absolute atomic E-state index is 0.278. The third-order valence-corrected chi connectivity index (χ3v) is 2.61. The summed E-state index contributed by atoms with van der Waals surface area (Å²) in [5.41, 5.74) is 13.2. The number of hydrogen-bond donors (Lipinski definition) is 3. The maximum absolute atomic E-state index is 5.78. The van der Waals surface area contributed by atoms with Crippen LogP contribution < -0.4 is 17.0 Å². The minimum atomic E-state index is -0.278. The topological polar surface area (TPSA) is 64.1 Å². The van der Waals surface area contributed by atoms with Gasteiger partial charge in [0.25, 0.3) is 0 Å². The van der Waals surface area contributed by atoms with Crippen LogP contribution in [0.4, 0.5) is 0 Å². The quantitative estimate of drug-likeness (QED) is 0.361. The zero-order valence-electron chi connectivity index (χ0n) is 8.39. The zero-order valence-corrected chi connectivity index (χ0v) is 8.39. The molecule has 0 aromatic heterocycles. The molecular formula is C10H17N3. The highest BCUT2D eigenvalue weighted by atomic mass is 15.3. The van der Waals surface area contributed by atoms with Crippen LogP contribution in [-0.4, -0.2) is 0 Å². The van der Waals surface area contributed by atoms with Gasteiger partial charge in [0.2, 0.25) is 0 Å². The summed E-state index contributed by atoms with van der Waals surface area (Å²) in [7, 11) is 0. The molecule has 72 valence electrons. The first-order valence-corrected chi connectivity index (χ1v) is 4.36. The van der Waals surface area contributed by atoms with E-state index < -0.39 is 0 Å². The first-order valence-electron chi connectivity index (χ1n) is 4.36. The Balaban J connectivity index is 3.18. The Bertz CT molecular complexity index is 307. The number of hydrazine groups is 1. The predicted molar refractivity (Wildman–Crippen MR) is 54.9 cm³/mol. The highest BCUT2D eigenvalue weighted by molar-refractivity contribution is 5.39. The molecular weight excluding hydrogens is 162 g/mol. The van der Waals surface area contributed by atoms with Gasteiger partial charge in [-0.1, -0.05) is 12.1 Å². The van der Waals surface area contributed by atoms with Gasteiger partial charge in [-0.15, -0.1) is 0 Å². The van der Waals surface area contributed by atoms with Crippen LogP contribution >= 0.6 is 0 Å². The molecule has 1 unspecified atom stereocenters. The number of aryl methyl sites for hydroxylation is 1. The molecule has 0 heterocycles. The molecule has 1 aromatic rings. The average Bonchev–Trinajstić information content (AvgIpc) is 2.13. The maximum Gasteiger partial charge on any atom is 0.0938 e. The van der Waals surface area contributed by atoms with E-state index in [0.29, 0.717) is 0 Å². The fourth-order valence-corrected chi connectivity index (χ4v) is 1.40. The largest absolute Gasteiger partial charge is 0.311 e. The Morgan fingerprint density at radius 2 is 1.77 bits per heavy atom. The van der Waals surface area contributed by atoms with E-state index in [0.717, 1.165) is 5.56 Å². The summed E-state index contributed by atoms with van der Waals surface area (Å²) in [4.78, 5) is 0. The minimum Gasteiger partial charge on any atom is -0.311 e. The monoisotopic (exact) mass is 179 g/mol. The van der Waals surface area contributed by atoms with Crippen molar-refractivity contribution in [2.75, 3.05) is 0 Å². The molecule has 0 amide bonds. The second kappa shape index (κ2) is 3.87. The van der Waals surface area contributed by atoms with Crippen LogP contribution in [0.15, 0.2) is 12.1 Å². The molecule has 0 aliphatic heterocycles. The molecule has 5 N–H and O–H groups in total. The molecule has 0 aliphatic carbocycles. The Morgan fingerprint density at radius 3 is 2.31 bits per heavy atom. The molecule has 0 aliphatic rings. The number of nitrogens with two attached hydrogens (primary N) is 2. The fraction of sp³-hybridized carbons (Fsp3) is 0.400. The predicted octanol–water partition coefficient (Wildman–Crippen LogP) is 1.03. The van der Waals surface area contributed by atoms with E-state index in [9.17, 15) is 0 Å². The standard InChI is InChI=1S/C10H17N3/c1-6-4-5-9(10(11)13-12)8(3)7(6)2/h4-5,10,13H,11-12H2,1-3H3. The van der Waals surface area contributed by atoms with E-state index in [1.165, 1.54) is 16.7 Å². The Hall–Kier alpha value is -0.900. The third kappa shape index (κ3) is 1.88. The first kappa shape index (κ1) is 10.2. The average molecular weight is 179 g/mol. The van der Waals surface area contributed by atoms with Gasteiger partial charge >= 0.3 is 0 Å². The van der Waals surface area contributed by atoms with E-state index in [4.69, 9.17) is 11.6 Å². The SMILES string of the molecule is Cc1ccc(C(N)NN)c(C)c1C. The lowest BCUT2D eigenvalue weighted by molar-refractivity contribution is 0.573. The molecule has 1 rings (SSSR count). The number of nitrogens with one attached hydrogen (secondary N) is 1. The fourth-order valence-electron chi connectivity index (χ4n) is 1.40. The van der Waals surface area contributed by atoms with Crippen molar-refractivity contribution in [3.63, 3.8) is 0 Å². The van der Waals surface area contributed by atoms with E-state index in [1.807, 2.05) is 6.07 Å². The number of rotatable bonds is 2. The van der Waals surface area contributed by atoms with Gasteiger partial charge in [0.15, 0.2) is 0 Å². The highest BCUT2D eigenvalue weighted by Gasteiger charge is 2.08. The van der Waals surface area contributed by atoms with E-state index >= 15 is 0 Å². The lowest BCUT2D eigenvalue weighted by Crippen LogP contribution is -2.34. The van der Waals surface area contributed by atoms with Crippen molar-refractivity contribution in [3.8, 4) is 0 Å². The van der Waals surface area contributed by atoms with Crippen molar-refractivity contribution in [3.05, 3.63) is 34.4 Å². The Kier molecular flexibility index (Phi) is 3.03. The summed E-state index contributed by atoms with van der Waals surface area (Å²) >= 11 is 0. The molecule has 0 fully saturated rings. The van der Waals surface area contributed by atoms with Crippen molar-refractivity contribution < 1.29 is 0 Å². The summed E-state index contributed by atoms with van der Waals surface area (Å²) < 4.78 is 0. The molecule has 0 radical (unpaired) electrons. The van der Waals surface area contributed by atoms with Gasteiger partial charge in [0.05, 0.1) is 6.17 Å². The van der Waals surface area contributed by atoms with Crippen molar-refractivity contribution >= 4 is 0 Å². The van der Waals surface area contributed by atoms with Gasteiger partial charge in [-0.3, -0.25) is 5.84 Å². The van der Waals surface area contributed by atoms with Gasteiger partial charge in [-0.2, -0.15) is 0 Å². The molecule has 13 heavy (non-hydrogen) atoms. The second-order valence-electron chi connectivity index (χ2n) is 3.37. The molecule has 3 nitrogen and oxygen atoms in total. The summed E-state index contributed by atoms with van der Waals surface area (Å²) in [5, 5.41) is 0. The van der Waals surface area contributed by atoms with Crippen molar-refractivity contribution in [2.45, 2.75) is 26.9 Å². The zero-order chi connectivity index (χ0) is 10.0. The van der Waals surface area contributed by atoms with E-state index in [-0.39, 0.29) is 6.17 Å². The van der Waals surface area contributed by atoms with Crippen molar-refractivity contribution in [1.29, 1.82) is 0 Å². The Morgan fingerprint density at radius 1 is 1.15 bits per heavy atom. The first-order chi connectivity index (χ1) is 6.07. The smallest absolute Gasteiger partial charge is 0.0938 e. The van der Waals surface area contributed by atoms with Crippen LogP contribution in [0.5, 0.6) is 0 Å². The molecule has 0 spiro atoms. The van der Waals surface area contributed by atoms with Crippen LogP contribution in [-0.2, 0) is 0 Å². The summed E-state index contributed by atoms with van der Waals surface area (Å²) in [6.07, 6.45) is -0.278. The van der Waals surface area contributed by atoms with Gasteiger partial charge in [-0.05, 0) is 43.0 Å². The van der Waals surface area contributed by atoms with Crippen LogP contribution in [0.2, 0.25) is 0 Å². The lowest BCUT2D eigenvalue weighted by atomic mass is 9.97.